The summed E-state index contributed by atoms with van der Waals surface area (Å²) in [6.07, 6.45) is 7.32. The van der Waals surface area contributed by atoms with Crippen molar-refractivity contribution in [1.29, 1.82) is 0 Å². The molecule has 10 heteroatoms. The Hall–Kier alpha value is -3.69. The Morgan fingerprint density at radius 1 is 1.06 bits per heavy atom. The summed E-state index contributed by atoms with van der Waals surface area (Å²) in [7, 11) is 3.97. The Bertz CT molecular complexity index is 1130. The number of benzene rings is 1. The first-order chi connectivity index (χ1) is 17.5. The van der Waals surface area contributed by atoms with Gasteiger partial charge in [-0.05, 0) is 69.4 Å². The Morgan fingerprint density at radius 2 is 1.78 bits per heavy atom. The van der Waals surface area contributed by atoms with Gasteiger partial charge < -0.3 is 26.2 Å². The molecule has 0 unspecified atom stereocenters. The van der Waals surface area contributed by atoms with Crippen molar-refractivity contribution in [2.45, 2.75) is 19.3 Å². The molecule has 190 valence electrons. The van der Waals surface area contributed by atoms with Gasteiger partial charge in [0.05, 0.1) is 0 Å². The number of nitrogens with one attached hydrogen (secondary N) is 4. The lowest BCUT2D eigenvalue weighted by Crippen LogP contribution is -2.25. The van der Waals surface area contributed by atoms with Crippen LogP contribution in [0.25, 0.3) is 0 Å². The molecule has 0 atom stereocenters. The van der Waals surface area contributed by atoms with Crippen LogP contribution in [0.3, 0.4) is 0 Å². The standard InChI is InChI=1S/C20H20ClN7O.C6H13N/c1-3-11-23-19(29)15-12-24-20(25-14-9-7-13(21)8-10-14)28-18(15)27-17-6-4-5-16(22-2)26-17;1-7-5-3-2-4-6-7/h3-10,12H,1,11H2,2H3,(H,23,29)(H3,22,24,25,26,27,28);2-6H2,1H3. The molecule has 2 aromatic heterocycles. The number of pyridine rings is 1. The number of carbonyl (C=O) groups is 1. The van der Waals surface area contributed by atoms with Gasteiger partial charge >= 0.3 is 0 Å². The summed E-state index contributed by atoms with van der Waals surface area (Å²) in [5, 5.41) is 12.5. The van der Waals surface area contributed by atoms with Crippen LogP contribution in [0.5, 0.6) is 0 Å². The van der Waals surface area contributed by atoms with Crippen molar-refractivity contribution in [1.82, 2.24) is 25.2 Å². The summed E-state index contributed by atoms with van der Waals surface area (Å²) in [4.78, 5) is 28.0. The molecule has 0 radical (unpaired) electrons. The van der Waals surface area contributed by atoms with E-state index in [0.29, 0.717) is 35.0 Å². The molecule has 3 heterocycles. The van der Waals surface area contributed by atoms with Crippen molar-refractivity contribution in [3.05, 3.63) is 71.9 Å². The maximum Gasteiger partial charge on any atom is 0.256 e. The van der Waals surface area contributed by atoms with E-state index in [-0.39, 0.29) is 11.5 Å². The van der Waals surface area contributed by atoms with Crippen LogP contribution in [0, 0.1) is 0 Å². The van der Waals surface area contributed by atoms with E-state index < -0.39 is 0 Å². The van der Waals surface area contributed by atoms with Crippen molar-refractivity contribution in [2.75, 3.05) is 49.7 Å². The molecule has 0 saturated carbocycles. The lowest BCUT2D eigenvalue weighted by molar-refractivity contribution is 0.0958. The highest BCUT2D eigenvalue weighted by atomic mass is 35.5. The number of hydrogen-bond acceptors (Lipinski definition) is 8. The van der Waals surface area contributed by atoms with Gasteiger partial charge in [0.1, 0.15) is 23.0 Å². The van der Waals surface area contributed by atoms with E-state index in [9.17, 15) is 4.79 Å². The van der Waals surface area contributed by atoms with Crippen LogP contribution in [0.2, 0.25) is 5.02 Å². The van der Waals surface area contributed by atoms with Gasteiger partial charge in [-0.2, -0.15) is 4.98 Å². The van der Waals surface area contributed by atoms with E-state index in [0.717, 1.165) is 5.69 Å². The third kappa shape index (κ3) is 8.51. The molecule has 1 aliphatic heterocycles. The normalized spacial score (nSPS) is 13.1. The number of nitrogens with zero attached hydrogens (tertiary/aromatic N) is 4. The Balaban J connectivity index is 0.000000444. The fourth-order valence-electron chi connectivity index (χ4n) is 3.44. The average molecular weight is 509 g/mol. The van der Waals surface area contributed by atoms with Crippen molar-refractivity contribution in [3.63, 3.8) is 0 Å². The van der Waals surface area contributed by atoms with Gasteiger partial charge in [-0.15, -0.1) is 6.58 Å². The molecule has 1 saturated heterocycles. The van der Waals surface area contributed by atoms with Crippen molar-refractivity contribution >= 4 is 46.6 Å². The second kappa shape index (κ2) is 14.0. The number of aromatic nitrogens is 3. The Kier molecular flexibility index (Phi) is 10.5. The van der Waals surface area contributed by atoms with Gasteiger partial charge in [-0.25, -0.2) is 9.97 Å². The summed E-state index contributed by atoms with van der Waals surface area (Å²) in [6, 6.07) is 12.6. The van der Waals surface area contributed by atoms with Crippen LogP contribution < -0.4 is 21.3 Å². The third-order valence-corrected chi connectivity index (χ3v) is 5.62. The second-order valence-electron chi connectivity index (χ2n) is 8.23. The van der Waals surface area contributed by atoms with Crippen molar-refractivity contribution in [2.24, 2.45) is 0 Å². The summed E-state index contributed by atoms with van der Waals surface area (Å²) < 4.78 is 0. The van der Waals surface area contributed by atoms with E-state index in [1.807, 2.05) is 12.1 Å². The topological polar surface area (TPSA) is 107 Å². The summed E-state index contributed by atoms with van der Waals surface area (Å²) in [6.45, 7) is 6.57. The number of likely N-dealkylation sites (tertiary alicyclic amines) is 1. The largest absolute Gasteiger partial charge is 0.373 e. The maximum absolute atomic E-state index is 12.5. The van der Waals surface area contributed by atoms with Gasteiger partial charge in [-0.3, -0.25) is 4.79 Å². The number of halogens is 1. The van der Waals surface area contributed by atoms with Crippen LogP contribution >= 0.6 is 11.6 Å². The van der Waals surface area contributed by atoms with E-state index >= 15 is 0 Å². The molecule has 1 amide bonds. The van der Waals surface area contributed by atoms with Crippen LogP contribution in [0.1, 0.15) is 29.6 Å². The van der Waals surface area contributed by atoms with Gasteiger partial charge in [0.15, 0.2) is 0 Å². The van der Waals surface area contributed by atoms with E-state index in [4.69, 9.17) is 11.6 Å². The minimum atomic E-state index is -0.324. The lowest BCUT2D eigenvalue weighted by Gasteiger charge is -2.20. The molecular formula is C26H33ClN8O. The fraction of sp³-hybridized carbons (Fsp3) is 0.308. The molecular weight excluding hydrogens is 476 g/mol. The first kappa shape index (κ1) is 26.9. The SMILES string of the molecule is C=CCNC(=O)c1cnc(Nc2ccc(Cl)cc2)nc1Nc1cccc(NC)n1.CN1CCCCC1. The molecule has 1 aromatic carbocycles. The minimum absolute atomic E-state index is 0.283. The van der Waals surface area contributed by atoms with Gasteiger partial charge in [0.2, 0.25) is 5.95 Å². The van der Waals surface area contributed by atoms with Gasteiger partial charge in [0.25, 0.3) is 5.91 Å². The molecule has 0 aliphatic carbocycles. The summed E-state index contributed by atoms with van der Waals surface area (Å²) >= 11 is 5.92. The number of anilines is 5. The predicted molar refractivity (Wildman–Crippen MR) is 148 cm³/mol. The highest BCUT2D eigenvalue weighted by Crippen LogP contribution is 2.22. The third-order valence-electron chi connectivity index (χ3n) is 5.37. The van der Waals surface area contributed by atoms with Crippen LogP contribution in [-0.2, 0) is 0 Å². The highest BCUT2D eigenvalue weighted by Gasteiger charge is 2.15. The van der Waals surface area contributed by atoms with Gasteiger partial charge in [-0.1, -0.05) is 30.2 Å². The maximum atomic E-state index is 12.5. The van der Waals surface area contributed by atoms with Crippen LogP contribution in [-0.4, -0.2) is 59.5 Å². The molecule has 1 fully saturated rings. The molecule has 3 aromatic rings. The molecule has 0 spiro atoms. The number of amides is 1. The molecule has 4 rings (SSSR count). The molecule has 36 heavy (non-hydrogen) atoms. The molecule has 4 N–H and O–H groups in total. The number of rotatable bonds is 8. The highest BCUT2D eigenvalue weighted by molar-refractivity contribution is 6.30. The van der Waals surface area contributed by atoms with Crippen LogP contribution in [0.4, 0.5) is 29.1 Å². The smallest absolute Gasteiger partial charge is 0.256 e. The summed E-state index contributed by atoms with van der Waals surface area (Å²) in [5.41, 5.74) is 1.05. The van der Waals surface area contributed by atoms with Crippen molar-refractivity contribution < 1.29 is 4.79 Å². The number of hydrogen-bond donors (Lipinski definition) is 4. The lowest BCUT2D eigenvalue weighted by atomic mass is 10.1. The molecule has 9 nitrogen and oxygen atoms in total. The van der Waals surface area contributed by atoms with Crippen molar-refractivity contribution in [3.8, 4) is 0 Å². The number of piperidine rings is 1. The Morgan fingerprint density at radius 3 is 2.42 bits per heavy atom. The van der Waals surface area contributed by atoms with Crippen LogP contribution in [0.15, 0.2) is 61.3 Å². The zero-order chi connectivity index (χ0) is 25.8. The van der Waals surface area contributed by atoms with E-state index in [1.165, 1.54) is 38.5 Å². The molecule has 1 aliphatic rings. The first-order valence-electron chi connectivity index (χ1n) is 11.9. The van der Waals surface area contributed by atoms with E-state index in [2.05, 4.69) is 54.7 Å². The fourth-order valence-corrected chi connectivity index (χ4v) is 3.57. The second-order valence-corrected chi connectivity index (χ2v) is 8.67. The average Bonchev–Trinajstić information content (AvgIpc) is 2.90. The Labute approximate surface area is 217 Å². The summed E-state index contributed by atoms with van der Waals surface area (Å²) in [5.74, 6) is 1.53. The predicted octanol–water partition coefficient (Wildman–Crippen LogP) is 5.07. The quantitative estimate of drug-likeness (QED) is 0.312. The number of carbonyl (C=O) groups excluding carboxylic acids is 1. The monoisotopic (exact) mass is 508 g/mol. The van der Waals surface area contributed by atoms with E-state index in [1.54, 1.807) is 43.5 Å². The first-order valence-corrected chi connectivity index (χ1v) is 12.3. The zero-order valence-electron chi connectivity index (χ0n) is 20.7. The zero-order valence-corrected chi connectivity index (χ0v) is 21.5. The molecule has 0 bridgehead atoms. The minimum Gasteiger partial charge on any atom is -0.373 e. The van der Waals surface area contributed by atoms with Gasteiger partial charge in [0, 0.05) is 30.5 Å².